The Balaban J connectivity index is 4.29. The Morgan fingerprint density at radius 3 is 2.44 bits per heavy atom. The van der Waals surface area contributed by atoms with Gasteiger partial charge in [-0.25, -0.2) is 0 Å². The maximum absolute atomic E-state index is 7.42. The lowest BCUT2D eigenvalue weighted by Gasteiger charge is -2.24. The van der Waals surface area contributed by atoms with Crippen molar-refractivity contribution in [3.63, 3.8) is 0 Å². The van der Waals surface area contributed by atoms with Gasteiger partial charge in [0.05, 0.1) is 6.10 Å². The van der Waals surface area contributed by atoms with E-state index in [2.05, 4.69) is 6.58 Å². The number of halogens is 3. The van der Waals surface area contributed by atoms with Crippen molar-refractivity contribution < 1.29 is 9.47 Å². The van der Waals surface area contributed by atoms with Crippen molar-refractivity contribution >= 4 is 40.7 Å². The van der Waals surface area contributed by atoms with Crippen molar-refractivity contribution in [3.05, 3.63) is 12.7 Å². The lowest BCUT2D eigenvalue weighted by atomic mass is 10.2. The minimum absolute atomic E-state index is 0.245. The van der Waals surface area contributed by atoms with Crippen LogP contribution in [0.4, 0.5) is 0 Å². The first-order valence-electron chi connectivity index (χ1n) is 4.89. The lowest BCUT2D eigenvalue weighted by Crippen LogP contribution is -2.33. The smallest absolute Gasteiger partial charge is 0.265 e. The molecule has 0 saturated heterocycles. The number of ether oxygens (including phenoxy) is 2. The summed E-state index contributed by atoms with van der Waals surface area (Å²) in [6, 6.07) is 0. The number of hydrogen-bond acceptors (Lipinski definition) is 3. The summed E-state index contributed by atoms with van der Waals surface area (Å²) in [5.41, 5.74) is 0. The predicted octanol–water partition coefficient (Wildman–Crippen LogP) is 3.72. The molecule has 0 aromatic carbocycles. The van der Waals surface area contributed by atoms with Gasteiger partial charge in [-0.2, -0.15) is 0 Å². The van der Waals surface area contributed by atoms with Gasteiger partial charge in [-0.05, 0) is 19.4 Å². The van der Waals surface area contributed by atoms with E-state index in [1.165, 1.54) is 6.08 Å². The zero-order valence-electron chi connectivity index (χ0n) is 9.30. The summed E-state index contributed by atoms with van der Waals surface area (Å²) >= 11 is 16.5. The van der Waals surface area contributed by atoms with E-state index in [0.717, 1.165) is 6.42 Å². The second kappa shape index (κ2) is 7.38. The van der Waals surface area contributed by atoms with Crippen molar-refractivity contribution in [3.8, 4) is 0 Å². The Hall–Kier alpha value is 0.0400. The average Bonchev–Trinajstić information content (AvgIpc) is 2.20. The van der Waals surface area contributed by atoms with Crippen LogP contribution < -0.4 is 0 Å². The van der Waals surface area contributed by atoms with Gasteiger partial charge in [0.25, 0.3) is 3.79 Å². The Morgan fingerprint density at radius 1 is 1.50 bits per heavy atom. The first kappa shape index (κ1) is 16.0. The molecule has 94 valence electrons. The van der Waals surface area contributed by atoms with E-state index in [4.69, 9.17) is 49.7 Å². The molecular weight excluding hydrogens is 272 g/mol. The van der Waals surface area contributed by atoms with Gasteiger partial charge in [-0.3, -0.25) is 5.41 Å². The highest BCUT2D eigenvalue weighted by Crippen LogP contribution is 2.28. The normalized spacial score (nSPS) is 15.3. The van der Waals surface area contributed by atoms with Crippen LogP contribution in [0.15, 0.2) is 12.7 Å². The van der Waals surface area contributed by atoms with Gasteiger partial charge in [-0.1, -0.05) is 48.3 Å². The number of nitrogens with one attached hydrogen (secondary N) is 1. The first-order valence-corrected chi connectivity index (χ1v) is 6.02. The topological polar surface area (TPSA) is 42.3 Å². The fourth-order valence-electron chi connectivity index (χ4n) is 0.937. The van der Waals surface area contributed by atoms with E-state index in [1.807, 2.05) is 13.8 Å². The molecule has 0 aliphatic rings. The van der Waals surface area contributed by atoms with Crippen LogP contribution in [-0.2, 0) is 9.47 Å². The van der Waals surface area contributed by atoms with E-state index in [9.17, 15) is 0 Å². The van der Waals surface area contributed by atoms with Gasteiger partial charge >= 0.3 is 0 Å². The van der Waals surface area contributed by atoms with E-state index in [1.54, 1.807) is 0 Å². The van der Waals surface area contributed by atoms with E-state index >= 15 is 0 Å². The standard InChI is InChI=1S/C10H16Cl3NO2/c1-4-6-15-7(3)8(5-2)16-9(14)10(11,12)13/h5,7-8,14H,2,4,6H2,1,3H3/t7-,8-/m0/s1. The second-order valence-electron chi connectivity index (χ2n) is 3.22. The Labute approximate surface area is 111 Å². The average molecular weight is 289 g/mol. The third-order valence-electron chi connectivity index (χ3n) is 1.79. The number of rotatable bonds is 6. The molecule has 16 heavy (non-hydrogen) atoms. The maximum Gasteiger partial charge on any atom is 0.265 e. The van der Waals surface area contributed by atoms with Crippen LogP contribution in [0.3, 0.4) is 0 Å². The molecule has 0 bridgehead atoms. The summed E-state index contributed by atoms with van der Waals surface area (Å²) in [4.78, 5) is 0. The van der Waals surface area contributed by atoms with Crippen molar-refractivity contribution in [2.24, 2.45) is 0 Å². The zero-order chi connectivity index (χ0) is 12.8. The molecule has 0 heterocycles. The summed E-state index contributed by atoms with van der Waals surface area (Å²) < 4.78 is 8.75. The molecule has 0 unspecified atom stereocenters. The molecule has 0 aliphatic heterocycles. The summed E-state index contributed by atoms with van der Waals surface area (Å²) in [5.74, 6) is -0.436. The molecule has 0 rings (SSSR count). The summed E-state index contributed by atoms with van der Waals surface area (Å²) in [6.45, 7) is 8.01. The van der Waals surface area contributed by atoms with Crippen molar-refractivity contribution in [1.82, 2.24) is 0 Å². The maximum atomic E-state index is 7.42. The molecule has 2 atom stereocenters. The predicted molar refractivity (Wildman–Crippen MR) is 68.8 cm³/mol. The van der Waals surface area contributed by atoms with Crippen LogP contribution in [0.25, 0.3) is 0 Å². The van der Waals surface area contributed by atoms with Gasteiger partial charge in [0.1, 0.15) is 6.10 Å². The molecule has 0 aromatic heterocycles. The van der Waals surface area contributed by atoms with Crippen LogP contribution in [0, 0.1) is 5.41 Å². The number of alkyl halides is 3. The van der Waals surface area contributed by atoms with Crippen LogP contribution in [0.1, 0.15) is 20.3 Å². The molecular formula is C10H16Cl3NO2. The Bertz CT molecular complexity index is 241. The fourth-order valence-corrected chi connectivity index (χ4v) is 1.07. The van der Waals surface area contributed by atoms with Crippen molar-refractivity contribution in [2.45, 2.75) is 36.3 Å². The van der Waals surface area contributed by atoms with Gasteiger partial charge in [0.15, 0.2) is 0 Å². The molecule has 0 spiro atoms. The van der Waals surface area contributed by atoms with Crippen molar-refractivity contribution in [2.75, 3.05) is 6.61 Å². The first-order chi connectivity index (χ1) is 7.32. The molecule has 0 saturated carbocycles. The monoisotopic (exact) mass is 287 g/mol. The third-order valence-corrected chi connectivity index (χ3v) is 2.31. The van der Waals surface area contributed by atoms with Crippen LogP contribution in [0.5, 0.6) is 0 Å². The van der Waals surface area contributed by atoms with E-state index < -0.39 is 15.8 Å². The molecule has 0 aliphatic carbocycles. The molecule has 3 nitrogen and oxygen atoms in total. The van der Waals surface area contributed by atoms with Crippen LogP contribution in [-0.4, -0.2) is 28.5 Å². The molecule has 6 heteroatoms. The molecule has 0 amide bonds. The van der Waals surface area contributed by atoms with E-state index in [0.29, 0.717) is 6.61 Å². The summed E-state index contributed by atoms with van der Waals surface area (Å²) in [7, 11) is 0. The zero-order valence-corrected chi connectivity index (χ0v) is 11.6. The lowest BCUT2D eigenvalue weighted by molar-refractivity contribution is -0.00106. The minimum atomic E-state index is -1.86. The molecule has 1 N–H and O–H groups in total. The van der Waals surface area contributed by atoms with Gasteiger partial charge in [0.2, 0.25) is 5.90 Å². The highest BCUT2D eigenvalue weighted by atomic mass is 35.6. The quantitative estimate of drug-likeness (QED) is 0.350. The van der Waals surface area contributed by atoms with Crippen molar-refractivity contribution in [1.29, 1.82) is 5.41 Å². The van der Waals surface area contributed by atoms with Crippen LogP contribution >= 0.6 is 34.8 Å². The third kappa shape index (κ3) is 5.94. The second-order valence-corrected chi connectivity index (χ2v) is 5.50. The molecule has 0 radical (unpaired) electrons. The molecule has 0 aromatic rings. The van der Waals surface area contributed by atoms with Crippen LogP contribution in [0.2, 0.25) is 0 Å². The highest BCUT2D eigenvalue weighted by Gasteiger charge is 2.31. The van der Waals surface area contributed by atoms with Gasteiger partial charge in [0, 0.05) is 6.61 Å². The summed E-state index contributed by atoms with van der Waals surface area (Å²) in [6.07, 6.45) is 1.67. The SMILES string of the molecule is C=C[C@H](OC(=N)C(Cl)(Cl)Cl)[C@H](C)OCCC. The molecule has 0 fully saturated rings. The van der Waals surface area contributed by atoms with Gasteiger partial charge in [-0.15, -0.1) is 0 Å². The fraction of sp³-hybridized carbons (Fsp3) is 0.700. The van der Waals surface area contributed by atoms with E-state index in [-0.39, 0.29) is 6.10 Å². The Kier molecular flexibility index (Phi) is 7.40. The van der Waals surface area contributed by atoms with Gasteiger partial charge < -0.3 is 9.47 Å². The summed E-state index contributed by atoms with van der Waals surface area (Å²) in [5, 5.41) is 7.42. The highest BCUT2D eigenvalue weighted by molar-refractivity contribution is 6.76. The minimum Gasteiger partial charge on any atom is -0.468 e. The number of hydrogen-bond donors (Lipinski definition) is 1. The largest absolute Gasteiger partial charge is 0.468 e. The Morgan fingerprint density at radius 2 is 2.06 bits per heavy atom.